The molecule has 1 atom stereocenters. The molecule has 0 fully saturated rings. The fraction of sp³-hybridized carbons (Fsp3) is 0.207. The lowest BCUT2D eigenvalue weighted by atomic mass is 10.00. The monoisotopic (exact) mass is 553 g/mol. The largest absolute Gasteiger partial charge is 0.527 e. The number of hydrogen-bond acceptors (Lipinski definition) is 6. The number of benzene rings is 3. The van der Waals surface area contributed by atoms with Crippen LogP contribution in [0.3, 0.4) is 0 Å². The zero-order chi connectivity index (χ0) is 28.2. The summed E-state index contributed by atoms with van der Waals surface area (Å²) in [5.74, 6) is -0.381. The SMILES string of the molecule is COc1cc(/C=C2/C(C)=C(CC(=O)NCc3ccccc3)c3cc(F)ccc32)cc(OC)c1OP(=O)(O)OC. The van der Waals surface area contributed by atoms with E-state index >= 15 is 0 Å². The molecule has 0 aromatic heterocycles. The Morgan fingerprint density at radius 1 is 1.00 bits per heavy atom. The normalized spacial score (nSPS) is 15.1. The number of carbonyl (C=O) groups excluding carboxylic acids is 1. The Labute approximate surface area is 226 Å². The molecule has 0 saturated carbocycles. The van der Waals surface area contributed by atoms with Crippen molar-refractivity contribution in [2.75, 3.05) is 21.3 Å². The van der Waals surface area contributed by atoms with E-state index in [4.69, 9.17) is 14.0 Å². The van der Waals surface area contributed by atoms with Crippen molar-refractivity contribution in [3.05, 3.63) is 94.3 Å². The fourth-order valence-corrected chi connectivity index (χ4v) is 4.88. The zero-order valence-electron chi connectivity index (χ0n) is 22.0. The number of halogens is 1. The van der Waals surface area contributed by atoms with Gasteiger partial charge in [0.15, 0.2) is 11.5 Å². The Bertz CT molecular complexity index is 1480. The van der Waals surface area contributed by atoms with Gasteiger partial charge in [-0.2, -0.15) is 0 Å². The smallest absolute Gasteiger partial charge is 0.493 e. The molecule has 3 aromatic rings. The maximum Gasteiger partial charge on any atom is 0.527 e. The number of amides is 1. The van der Waals surface area contributed by atoms with Gasteiger partial charge in [0.2, 0.25) is 11.7 Å². The summed E-state index contributed by atoms with van der Waals surface area (Å²) in [5, 5.41) is 2.93. The molecule has 10 heteroatoms. The van der Waals surface area contributed by atoms with E-state index in [1.165, 1.54) is 26.4 Å². The quantitative estimate of drug-likeness (QED) is 0.297. The molecular formula is C29H29FNO7P. The molecule has 1 unspecified atom stereocenters. The highest BCUT2D eigenvalue weighted by molar-refractivity contribution is 7.47. The molecule has 1 aliphatic carbocycles. The predicted octanol–water partition coefficient (Wildman–Crippen LogP) is 6.00. The highest BCUT2D eigenvalue weighted by Crippen LogP contribution is 2.51. The zero-order valence-corrected chi connectivity index (χ0v) is 22.9. The van der Waals surface area contributed by atoms with E-state index in [1.807, 2.05) is 43.3 Å². The topological polar surface area (TPSA) is 103 Å². The predicted molar refractivity (Wildman–Crippen MR) is 147 cm³/mol. The van der Waals surface area contributed by atoms with Gasteiger partial charge in [0.05, 0.1) is 20.6 Å². The highest BCUT2D eigenvalue weighted by Gasteiger charge is 2.28. The lowest BCUT2D eigenvalue weighted by Crippen LogP contribution is -2.22. The maximum absolute atomic E-state index is 14.3. The van der Waals surface area contributed by atoms with E-state index in [0.717, 1.165) is 35.0 Å². The first kappa shape index (κ1) is 28.1. The second-order valence-electron chi connectivity index (χ2n) is 8.79. The minimum Gasteiger partial charge on any atom is -0.493 e. The maximum atomic E-state index is 14.3. The minimum atomic E-state index is -4.38. The molecule has 0 heterocycles. The second-order valence-corrected chi connectivity index (χ2v) is 10.3. The average Bonchev–Trinajstić information content (AvgIpc) is 3.17. The van der Waals surface area contributed by atoms with Crippen LogP contribution in [0.4, 0.5) is 4.39 Å². The highest BCUT2D eigenvalue weighted by atomic mass is 31.2. The Kier molecular flexibility index (Phi) is 8.55. The van der Waals surface area contributed by atoms with Gasteiger partial charge in [-0.25, -0.2) is 8.96 Å². The van der Waals surface area contributed by atoms with Crippen LogP contribution in [0, 0.1) is 5.82 Å². The molecule has 0 saturated heterocycles. The lowest BCUT2D eigenvalue weighted by Gasteiger charge is -2.17. The number of nitrogens with one attached hydrogen (secondary N) is 1. The van der Waals surface area contributed by atoms with Crippen molar-refractivity contribution < 1.29 is 37.2 Å². The summed E-state index contributed by atoms with van der Waals surface area (Å²) in [6, 6.07) is 17.3. The molecule has 0 spiro atoms. The van der Waals surface area contributed by atoms with Crippen LogP contribution in [-0.4, -0.2) is 32.1 Å². The summed E-state index contributed by atoms with van der Waals surface area (Å²) in [5.41, 5.74) is 5.36. The lowest BCUT2D eigenvalue weighted by molar-refractivity contribution is -0.120. The number of carbonyl (C=O) groups is 1. The molecule has 0 aliphatic heterocycles. The van der Waals surface area contributed by atoms with Gasteiger partial charge in [-0.05, 0) is 76.2 Å². The van der Waals surface area contributed by atoms with Crippen LogP contribution >= 0.6 is 7.82 Å². The molecule has 0 bridgehead atoms. The summed E-state index contributed by atoms with van der Waals surface area (Å²) >= 11 is 0. The van der Waals surface area contributed by atoms with Crippen molar-refractivity contribution >= 4 is 31.0 Å². The van der Waals surface area contributed by atoms with E-state index in [-0.39, 0.29) is 29.6 Å². The molecule has 2 N–H and O–H groups in total. The van der Waals surface area contributed by atoms with E-state index < -0.39 is 13.6 Å². The van der Waals surface area contributed by atoms with Crippen molar-refractivity contribution in [1.29, 1.82) is 0 Å². The van der Waals surface area contributed by atoms with Gasteiger partial charge in [-0.15, -0.1) is 0 Å². The van der Waals surface area contributed by atoms with Gasteiger partial charge in [0.25, 0.3) is 0 Å². The second kappa shape index (κ2) is 11.9. The van der Waals surface area contributed by atoms with Crippen molar-refractivity contribution in [3.63, 3.8) is 0 Å². The Morgan fingerprint density at radius 3 is 2.28 bits per heavy atom. The number of phosphoric ester groups is 1. The number of hydrogen-bond donors (Lipinski definition) is 2. The summed E-state index contributed by atoms with van der Waals surface area (Å²) in [4.78, 5) is 22.7. The third kappa shape index (κ3) is 6.40. The van der Waals surface area contributed by atoms with Crippen molar-refractivity contribution in [2.24, 2.45) is 0 Å². The summed E-state index contributed by atoms with van der Waals surface area (Å²) in [7, 11) is -0.558. The van der Waals surface area contributed by atoms with Crippen LogP contribution in [0.2, 0.25) is 0 Å². The summed E-state index contributed by atoms with van der Waals surface area (Å²) < 4.78 is 46.8. The molecular weight excluding hydrogens is 524 g/mol. The molecule has 204 valence electrons. The summed E-state index contributed by atoms with van der Waals surface area (Å²) in [6.45, 7) is 2.28. The molecule has 1 aliphatic rings. The van der Waals surface area contributed by atoms with E-state index in [0.29, 0.717) is 17.7 Å². The minimum absolute atomic E-state index is 0.0781. The standard InChI is InChI=1S/C29H29FNO7P/c1-18-23(12-20-13-26(35-2)29(27(14-20)36-3)38-39(33,34)37-4)22-11-10-21(30)15-25(22)24(18)16-28(32)31-17-19-8-6-5-7-9-19/h5-15H,16-17H2,1-4H3,(H,31,32)(H,33,34)/b23-12-. The average molecular weight is 554 g/mol. The van der Waals surface area contributed by atoms with Crippen LogP contribution in [0.15, 0.2) is 66.2 Å². The van der Waals surface area contributed by atoms with Crippen molar-refractivity contribution in [1.82, 2.24) is 5.32 Å². The van der Waals surface area contributed by atoms with E-state index in [2.05, 4.69) is 9.84 Å². The first-order valence-corrected chi connectivity index (χ1v) is 13.5. The van der Waals surface area contributed by atoms with Gasteiger partial charge in [0, 0.05) is 13.7 Å². The van der Waals surface area contributed by atoms with Gasteiger partial charge < -0.3 is 19.3 Å². The Morgan fingerprint density at radius 2 is 1.67 bits per heavy atom. The Balaban J connectivity index is 1.70. The molecule has 0 radical (unpaired) electrons. The van der Waals surface area contributed by atoms with Crippen molar-refractivity contribution in [2.45, 2.75) is 19.9 Å². The summed E-state index contributed by atoms with van der Waals surface area (Å²) in [6.07, 6.45) is 1.93. The van der Waals surface area contributed by atoms with Crippen LogP contribution < -0.4 is 19.3 Å². The fourth-order valence-electron chi connectivity index (χ4n) is 4.39. The first-order chi connectivity index (χ1) is 18.7. The van der Waals surface area contributed by atoms with Crippen LogP contribution in [0.5, 0.6) is 17.2 Å². The number of fused-ring (bicyclic) bond motifs is 1. The van der Waals surface area contributed by atoms with Gasteiger partial charge >= 0.3 is 7.82 Å². The third-order valence-corrected chi connectivity index (χ3v) is 7.23. The number of phosphoric acid groups is 1. The molecule has 1 amide bonds. The number of methoxy groups -OCH3 is 2. The molecule has 4 rings (SSSR count). The number of rotatable bonds is 10. The number of allylic oxidation sites excluding steroid dienone is 2. The molecule has 8 nitrogen and oxygen atoms in total. The first-order valence-electron chi connectivity index (χ1n) is 12.0. The van der Waals surface area contributed by atoms with Gasteiger partial charge in [-0.1, -0.05) is 36.4 Å². The van der Waals surface area contributed by atoms with Gasteiger partial charge in [-0.3, -0.25) is 14.2 Å². The number of ether oxygens (including phenoxy) is 2. The van der Waals surface area contributed by atoms with Crippen LogP contribution in [-0.2, 0) is 20.4 Å². The Hall–Kier alpha value is -3.91. The molecule has 3 aromatic carbocycles. The molecule has 39 heavy (non-hydrogen) atoms. The van der Waals surface area contributed by atoms with E-state index in [1.54, 1.807) is 18.2 Å². The van der Waals surface area contributed by atoms with Crippen molar-refractivity contribution in [3.8, 4) is 17.2 Å². The van der Waals surface area contributed by atoms with E-state index in [9.17, 15) is 18.6 Å². The van der Waals surface area contributed by atoms with Crippen LogP contribution in [0.1, 0.15) is 35.6 Å². The third-order valence-electron chi connectivity index (χ3n) is 6.35. The van der Waals surface area contributed by atoms with Gasteiger partial charge in [0.1, 0.15) is 5.82 Å². The van der Waals surface area contributed by atoms with Crippen LogP contribution in [0.25, 0.3) is 17.2 Å².